The van der Waals surface area contributed by atoms with E-state index >= 15 is 0 Å². The summed E-state index contributed by atoms with van der Waals surface area (Å²) in [6.45, 7) is 9.63. The molecule has 0 aromatic carbocycles. The summed E-state index contributed by atoms with van der Waals surface area (Å²) in [5.74, 6) is -0.688. The van der Waals surface area contributed by atoms with Gasteiger partial charge in [-0.1, -0.05) is 6.92 Å². The number of aromatic nitrogens is 3. The summed E-state index contributed by atoms with van der Waals surface area (Å²) >= 11 is 0. The molecule has 1 aliphatic heterocycles. The summed E-state index contributed by atoms with van der Waals surface area (Å²) in [5, 5.41) is 5.60. The lowest BCUT2D eigenvalue weighted by molar-refractivity contribution is -0.0772. The van der Waals surface area contributed by atoms with Gasteiger partial charge in [0, 0.05) is 36.8 Å². The second-order valence-electron chi connectivity index (χ2n) is 10.6. The van der Waals surface area contributed by atoms with Crippen molar-refractivity contribution in [3.8, 4) is 11.3 Å². The third-order valence-electron chi connectivity index (χ3n) is 6.63. The molecule has 1 aliphatic rings. The van der Waals surface area contributed by atoms with Crippen molar-refractivity contribution >= 4 is 34.8 Å². The molecule has 41 heavy (non-hydrogen) atoms. The highest BCUT2D eigenvalue weighted by atomic mass is 16.7. The van der Waals surface area contributed by atoms with Crippen LogP contribution in [-0.4, -0.2) is 83.0 Å². The van der Waals surface area contributed by atoms with E-state index in [1.165, 1.54) is 37.6 Å². The van der Waals surface area contributed by atoms with Gasteiger partial charge in [-0.3, -0.25) is 19.5 Å². The molecule has 13 nitrogen and oxygen atoms in total. The highest BCUT2D eigenvalue weighted by molar-refractivity contribution is 6.11. The third kappa shape index (κ3) is 6.51. The number of hydrogen-bond acceptors (Lipinski definition) is 10. The molecular formula is C28H37N5O8. The van der Waals surface area contributed by atoms with Crippen molar-refractivity contribution in [3.05, 3.63) is 30.4 Å². The number of furan rings is 1. The summed E-state index contributed by atoms with van der Waals surface area (Å²) in [5.41, 5.74) is 0.797. The topological polar surface area (TPSA) is 138 Å². The molecule has 0 N–H and O–H groups in total. The molecule has 4 rings (SSSR count). The van der Waals surface area contributed by atoms with Crippen LogP contribution in [0, 0.1) is 0 Å². The van der Waals surface area contributed by atoms with Gasteiger partial charge in [-0.25, -0.2) is 14.7 Å². The van der Waals surface area contributed by atoms with E-state index in [-0.39, 0.29) is 35.8 Å². The minimum atomic E-state index is -0.693. The Labute approximate surface area is 238 Å². The van der Waals surface area contributed by atoms with Gasteiger partial charge < -0.3 is 18.6 Å². The quantitative estimate of drug-likeness (QED) is 0.355. The van der Waals surface area contributed by atoms with E-state index in [4.69, 9.17) is 23.5 Å². The van der Waals surface area contributed by atoms with Crippen LogP contribution in [0.25, 0.3) is 22.2 Å². The van der Waals surface area contributed by atoms with Crippen molar-refractivity contribution in [1.82, 2.24) is 19.8 Å². The van der Waals surface area contributed by atoms with Gasteiger partial charge >= 0.3 is 18.1 Å². The molecule has 0 radical (unpaired) electrons. The SMILES string of the molecule is CCOC(=O)N(c1c(C(=O)N(C)OC)oc2cnc(-c3cnn(C(=O)OC(C)(C)C)c3)cc12)[C@H]1CCO[C@@H](CC)C1. The van der Waals surface area contributed by atoms with Gasteiger partial charge in [-0.05, 0) is 53.0 Å². The molecule has 1 fully saturated rings. The zero-order valence-corrected chi connectivity index (χ0v) is 24.5. The standard InChI is InChI=1S/C28H37N5O8/c1-8-19-12-18(10-11-39-19)33(27(36)38-9-2)23-20-13-21(17-14-30-32(16-17)26(35)41-28(3,4)5)29-15-22(20)40-24(23)25(34)31(6)37-7/h13-16,18-19H,8-12H2,1-7H3/t18-,19-/m0/s1. The number of carbonyl (C=O) groups excluding carboxylic acids is 3. The highest BCUT2D eigenvalue weighted by Crippen LogP contribution is 2.40. The molecule has 0 spiro atoms. The molecule has 3 aromatic heterocycles. The number of anilines is 1. The van der Waals surface area contributed by atoms with Crippen molar-refractivity contribution in [2.75, 3.05) is 32.3 Å². The van der Waals surface area contributed by atoms with Crippen LogP contribution in [0.2, 0.25) is 0 Å². The fourth-order valence-electron chi connectivity index (χ4n) is 4.62. The van der Waals surface area contributed by atoms with Gasteiger partial charge in [-0.15, -0.1) is 0 Å². The van der Waals surface area contributed by atoms with Crippen molar-refractivity contribution in [1.29, 1.82) is 0 Å². The fraction of sp³-hybridized carbons (Fsp3) is 0.536. The number of fused-ring (bicyclic) bond motifs is 1. The number of amides is 2. The Hall–Kier alpha value is -3.97. The summed E-state index contributed by atoms with van der Waals surface area (Å²) in [4.78, 5) is 50.6. The Morgan fingerprint density at radius 3 is 2.61 bits per heavy atom. The number of nitrogens with zero attached hydrogens (tertiary/aromatic N) is 5. The Balaban J connectivity index is 1.86. The maximum atomic E-state index is 13.5. The minimum Gasteiger partial charge on any atom is -0.449 e. The first-order valence-electron chi connectivity index (χ1n) is 13.6. The van der Waals surface area contributed by atoms with Crippen LogP contribution in [-0.2, 0) is 19.0 Å². The van der Waals surface area contributed by atoms with Gasteiger partial charge in [0.2, 0.25) is 5.76 Å². The second-order valence-corrected chi connectivity index (χ2v) is 10.6. The number of hydroxylamine groups is 2. The summed E-state index contributed by atoms with van der Waals surface area (Å²) in [7, 11) is 2.81. The third-order valence-corrected chi connectivity index (χ3v) is 6.63. The molecule has 0 unspecified atom stereocenters. The first kappa shape index (κ1) is 30.0. The van der Waals surface area contributed by atoms with Crippen molar-refractivity contribution < 1.29 is 37.8 Å². The van der Waals surface area contributed by atoms with Gasteiger partial charge in [0.05, 0.1) is 37.9 Å². The average molecular weight is 572 g/mol. The second kappa shape index (κ2) is 12.3. The number of carbonyl (C=O) groups is 3. The number of pyridine rings is 1. The maximum Gasteiger partial charge on any atom is 0.435 e. The molecule has 2 amide bonds. The van der Waals surface area contributed by atoms with Gasteiger partial charge in [-0.2, -0.15) is 9.78 Å². The number of hydrogen-bond donors (Lipinski definition) is 0. The van der Waals surface area contributed by atoms with E-state index in [1.807, 2.05) is 6.92 Å². The average Bonchev–Trinajstić information content (AvgIpc) is 3.57. The van der Waals surface area contributed by atoms with Crippen LogP contribution in [0.4, 0.5) is 15.3 Å². The highest BCUT2D eigenvalue weighted by Gasteiger charge is 2.38. The molecule has 2 atom stereocenters. The normalized spacial score (nSPS) is 17.3. The molecule has 13 heteroatoms. The van der Waals surface area contributed by atoms with Crippen LogP contribution < -0.4 is 4.90 Å². The monoisotopic (exact) mass is 571 g/mol. The van der Waals surface area contributed by atoms with Crippen LogP contribution in [0.1, 0.15) is 64.4 Å². The van der Waals surface area contributed by atoms with E-state index in [1.54, 1.807) is 33.8 Å². The molecule has 3 aromatic rings. The predicted octanol–water partition coefficient (Wildman–Crippen LogP) is 5.03. The van der Waals surface area contributed by atoms with Gasteiger partial charge in [0.15, 0.2) is 5.58 Å². The van der Waals surface area contributed by atoms with Crippen LogP contribution >= 0.6 is 0 Å². The zero-order chi connectivity index (χ0) is 29.9. The van der Waals surface area contributed by atoms with Crippen LogP contribution in [0.3, 0.4) is 0 Å². The van der Waals surface area contributed by atoms with E-state index in [9.17, 15) is 14.4 Å². The smallest absolute Gasteiger partial charge is 0.435 e. The number of ether oxygens (including phenoxy) is 3. The van der Waals surface area contributed by atoms with E-state index in [2.05, 4.69) is 10.1 Å². The number of rotatable bonds is 7. The van der Waals surface area contributed by atoms with Crippen molar-refractivity contribution in [2.45, 2.75) is 71.6 Å². The predicted molar refractivity (Wildman–Crippen MR) is 149 cm³/mol. The molecular weight excluding hydrogens is 534 g/mol. The van der Waals surface area contributed by atoms with Gasteiger partial charge in [0.25, 0.3) is 0 Å². The van der Waals surface area contributed by atoms with Crippen LogP contribution in [0.5, 0.6) is 0 Å². The molecule has 0 bridgehead atoms. The van der Waals surface area contributed by atoms with Crippen molar-refractivity contribution in [3.63, 3.8) is 0 Å². The van der Waals surface area contributed by atoms with Gasteiger partial charge in [0.1, 0.15) is 11.3 Å². The van der Waals surface area contributed by atoms with E-state index in [0.717, 1.165) is 16.2 Å². The Kier molecular flexibility index (Phi) is 8.98. The molecule has 1 saturated heterocycles. The first-order chi connectivity index (χ1) is 19.5. The molecule has 4 heterocycles. The molecule has 0 saturated carbocycles. The minimum absolute atomic E-state index is 0.0550. The molecule has 0 aliphatic carbocycles. The van der Waals surface area contributed by atoms with Crippen molar-refractivity contribution in [2.24, 2.45) is 0 Å². The lowest BCUT2D eigenvalue weighted by Gasteiger charge is -2.36. The Morgan fingerprint density at radius 1 is 1.20 bits per heavy atom. The van der Waals surface area contributed by atoms with E-state index in [0.29, 0.717) is 36.1 Å². The lowest BCUT2D eigenvalue weighted by atomic mass is 9.99. The largest absolute Gasteiger partial charge is 0.449 e. The lowest BCUT2D eigenvalue weighted by Crippen LogP contribution is -2.46. The Bertz CT molecular complexity index is 1410. The summed E-state index contributed by atoms with van der Waals surface area (Å²) < 4.78 is 23.8. The first-order valence-corrected chi connectivity index (χ1v) is 13.6. The van der Waals surface area contributed by atoms with E-state index < -0.39 is 23.7 Å². The zero-order valence-electron chi connectivity index (χ0n) is 24.5. The fourth-order valence-corrected chi connectivity index (χ4v) is 4.62. The summed E-state index contributed by atoms with van der Waals surface area (Å²) in [6.07, 6.45) is 5.01. The Morgan fingerprint density at radius 2 is 1.95 bits per heavy atom. The van der Waals surface area contributed by atoms with Crippen LogP contribution in [0.15, 0.2) is 29.1 Å². The molecule has 222 valence electrons. The summed E-state index contributed by atoms with van der Waals surface area (Å²) in [6, 6.07) is 1.37. The maximum absolute atomic E-state index is 13.5.